The Hall–Kier alpha value is -1.99. The molecule has 0 heterocycles. The molecule has 2 atom stereocenters. The third-order valence-electron chi connectivity index (χ3n) is 2.51. The van der Waals surface area contributed by atoms with Crippen LogP contribution in [0.25, 0.3) is 0 Å². The lowest BCUT2D eigenvalue weighted by Crippen LogP contribution is -2.27. The van der Waals surface area contributed by atoms with Crippen LogP contribution in [0, 0.1) is 15.0 Å². The van der Waals surface area contributed by atoms with E-state index >= 15 is 0 Å². The molecule has 0 aromatic rings. The number of nitrogens with one attached hydrogen (secondary N) is 1. The summed E-state index contributed by atoms with van der Waals surface area (Å²) in [5, 5.41) is 15.9. The number of hydrogen-bond acceptors (Lipinski definition) is 6. The van der Waals surface area contributed by atoms with Crippen LogP contribution >= 0.6 is 0 Å². The van der Waals surface area contributed by atoms with Gasteiger partial charge in [0.2, 0.25) is 6.04 Å². The number of ether oxygens (including phenoxy) is 1. The van der Waals surface area contributed by atoms with Gasteiger partial charge in [-0.15, -0.1) is 0 Å². The molecule has 108 valence electrons. The molecule has 0 spiro atoms. The van der Waals surface area contributed by atoms with Crippen molar-refractivity contribution in [3.63, 3.8) is 0 Å². The number of alkyl carbamates (subject to hydrolysis) is 1. The van der Waals surface area contributed by atoms with Crippen LogP contribution in [-0.4, -0.2) is 36.3 Å². The van der Waals surface area contributed by atoms with Gasteiger partial charge in [0.15, 0.2) is 0 Å². The van der Waals surface area contributed by atoms with Gasteiger partial charge in [-0.3, -0.25) is 10.1 Å². The van der Waals surface area contributed by atoms with E-state index in [1.807, 2.05) is 0 Å². The molecule has 8 nitrogen and oxygen atoms in total. The van der Waals surface area contributed by atoms with E-state index in [9.17, 15) is 19.8 Å². The highest BCUT2D eigenvalue weighted by Gasteiger charge is 2.20. The molecule has 0 saturated carbocycles. The summed E-state index contributed by atoms with van der Waals surface area (Å²) in [5.41, 5.74) is 0.481. The van der Waals surface area contributed by atoms with Crippen LogP contribution in [0.3, 0.4) is 0 Å². The van der Waals surface area contributed by atoms with Crippen LogP contribution in [0.15, 0.2) is 16.8 Å². The normalized spacial score (nSPS) is 14.4. The van der Waals surface area contributed by atoms with Gasteiger partial charge in [-0.05, 0) is 19.4 Å². The van der Waals surface area contributed by atoms with Crippen molar-refractivity contribution in [2.45, 2.75) is 39.3 Å². The van der Waals surface area contributed by atoms with E-state index in [2.05, 4.69) is 10.5 Å². The summed E-state index contributed by atoms with van der Waals surface area (Å²) in [4.78, 5) is 31.9. The smallest absolute Gasteiger partial charge is 0.407 e. The lowest BCUT2D eigenvalue weighted by Gasteiger charge is -2.11. The Kier molecular flexibility index (Phi) is 8.07. The van der Waals surface area contributed by atoms with E-state index in [4.69, 9.17) is 4.74 Å². The first-order chi connectivity index (χ1) is 8.96. The number of nitrogens with zero attached hydrogens (tertiary/aromatic N) is 2. The van der Waals surface area contributed by atoms with Crippen molar-refractivity contribution in [1.82, 2.24) is 5.32 Å². The number of carbonyl (C=O) groups excluding carboxylic acids is 1. The lowest BCUT2D eigenvalue weighted by molar-refractivity contribution is -0.508. The largest absolute Gasteiger partial charge is 0.447 e. The molecule has 0 rings (SSSR count). The minimum absolute atomic E-state index is 0.233. The molecular formula is C11H19N3O5. The van der Waals surface area contributed by atoms with Crippen LogP contribution in [0.1, 0.15) is 27.2 Å². The van der Waals surface area contributed by atoms with E-state index in [1.54, 1.807) is 13.8 Å². The second kappa shape index (κ2) is 9.01. The zero-order valence-corrected chi connectivity index (χ0v) is 11.3. The van der Waals surface area contributed by atoms with Gasteiger partial charge < -0.3 is 10.1 Å². The Morgan fingerprint density at radius 1 is 1.53 bits per heavy atom. The van der Waals surface area contributed by atoms with Gasteiger partial charge in [-0.1, -0.05) is 12.1 Å². The fourth-order valence-corrected chi connectivity index (χ4v) is 1.40. The monoisotopic (exact) mass is 273 g/mol. The molecule has 1 amide bonds. The summed E-state index contributed by atoms with van der Waals surface area (Å²) in [6.07, 6.45) is 1.17. The van der Waals surface area contributed by atoms with Gasteiger partial charge in [0, 0.05) is 24.0 Å². The zero-order valence-electron chi connectivity index (χ0n) is 11.3. The van der Waals surface area contributed by atoms with Gasteiger partial charge in [0.1, 0.15) is 12.6 Å². The molecule has 0 fully saturated rings. The van der Waals surface area contributed by atoms with Crippen molar-refractivity contribution in [2.24, 2.45) is 5.18 Å². The first kappa shape index (κ1) is 17.0. The standard InChI is InChI=1S/C11H19N3O5/c1-4-9(8(3)14(17)18)6-10(13-16)7-19-11(15)12-5-2/h6,8,10H,4-5,7H2,1-3H3,(H,12,15). The maximum absolute atomic E-state index is 11.1. The highest BCUT2D eigenvalue weighted by atomic mass is 16.6. The fraction of sp³-hybridized carbons (Fsp3) is 0.727. The molecule has 0 saturated heterocycles. The number of hydrogen-bond donors (Lipinski definition) is 1. The predicted octanol–water partition coefficient (Wildman–Crippen LogP) is 1.87. The molecule has 0 bridgehead atoms. The van der Waals surface area contributed by atoms with Crippen molar-refractivity contribution >= 4 is 6.09 Å². The lowest BCUT2D eigenvalue weighted by atomic mass is 10.0. The maximum atomic E-state index is 11.1. The van der Waals surface area contributed by atoms with Crippen LogP contribution in [-0.2, 0) is 4.74 Å². The van der Waals surface area contributed by atoms with Crippen molar-refractivity contribution < 1.29 is 14.5 Å². The van der Waals surface area contributed by atoms with E-state index in [0.29, 0.717) is 18.5 Å². The second-order valence-corrected chi connectivity index (χ2v) is 3.86. The molecule has 0 aliphatic rings. The summed E-state index contributed by atoms with van der Waals surface area (Å²) in [6.45, 7) is 5.08. The van der Waals surface area contributed by atoms with Crippen LogP contribution < -0.4 is 5.32 Å². The van der Waals surface area contributed by atoms with E-state index in [0.717, 1.165) is 0 Å². The Morgan fingerprint density at radius 2 is 2.16 bits per heavy atom. The quantitative estimate of drug-likeness (QED) is 0.314. The summed E-state index contributed by atoms with van der Waals surface area (Å²) in [6, 6.07) is -1.81. The minimum atomic E-state index is -0.917. The number of nitroso groups, excluding NO2 is 1. The molecule has 0 aliphatic carbocycles. The van der Waals surface area contributed by atoms with Crippen LogP contribution in [0.2, 0.25) is 0 Å². The molecule has 0 aliphatic heterocycles. The number of rotatable bonds is 8. The molecule has 19 heavy (non-hydrogen) atoms. The van der Waals surface area contributed by atoms with Gasteiger partial charge in [0.25, 0.3) is 0 Å². The molecule has 8 heteroatoms. The molecular weight excluding hydrogens is 254 g/mol. The average Bonchev–Trinajstić information content (AvgIpc) is 2.38. The molecule has 0 aromatic heterocycles. The fourth-order valence-electron chi connectivity index (χ4n) is 1.40. The molecule has 2 unspecified atom stereocenters. The van der Waals surface area contributed by atoms with E-state index in [1.165, 1.54) is 13.0 Å². The third-order valence-corrected chi connectivity index (χ3v) is 2.51. The molecule has 0 aromatic carbocycles. The zero-order chi connectivity index (χ0) is 14.8. The SMILES string of the molecule is CCNC(=O)OCC(C=C(CC)C(C)[N+](=O)[O-])N=O. The molecule has 1 N–H and O–H groups in total. The van der Waals surface area contributed by atoms with Crippen LogP contribution in [0.5, 0.6) is 0 Å². The highest BCUT2D eigenvalue weighted by molar-refractivity contribution is 5.67. The van der Waals surface area contributed by atoms with Crippen molar-refractivity contribution in [3.05, 3.63) is 26.7 Å². The van der Waals surface area contributed by atoms with Gasteiger partial charge in [-0.25, -0.2) is 4.79 Å². The van der Waals surface area contributed by atoms with Crippen molar-refractivity contribution in [2.75, 3.05) is 13.2 Å². The Balaban J connectivity index is 4.62. The summed E-state index contributed by atoms with van der Waals surface area (Å²) >= 11 is 0. The summed E-state index contributed by atoms with van der Waals surface area (Å²) < 4.78 is 4.76. The molecule has 0 radical (unpaired) electrons. The Labute approximate surface area is 111 Å². The van der Waals surface area contributed by atoms with Crippen molar-refractivity contribution in [3.8, 4) is 0 Å². The van der Waals surface area contributed by atoms with Gasteiger partial charge in [-0.2, -0.15) is 4.91 Å². The minimum Gasteiger partial charge on any atom is -0.447 e. The topological polar surface area (TPSA) is 111 Å². The van der Waals surface area contributed by atoms with E-state index < -0.39 is 23.1 Å². The Bertz CT molecular complexity index is 356. The number of nitro groups is 1. The summed E-state index contributed by atoms with van der Waals surface area (Å²) in [5.74, 6) is 0. The van der Waals surface area contributed by atoms with E-state index in [-0.39, 0.29) is 6.61 Å². The predicted molar refractivity (Wildman–Crippen MR) is 69.4 cm³/mol. The van der Waals surface area contributed by atoms with Gasteiger partial charge in [0.05, 0.1) is 0 Å². The maximum Gasteiger partial charge on any atom is 0.407 e. The Morgan fingerprint density at radius 3 is 2.58 bits per heavy atom. The summed E-state index contributed by atoms with van der Waals surface area (Å²) in [7, 11) is 0. The average molecular weight is 273 g/mol. The number of amides is 1. The van der Waals surface area contributed by atoms with Gasteiger partial charge >= 0.3 is 6.09 Å². The third kappa shape index (κ3) is 6.49. The number of carbonyl (C=O) groups is 1. The highest BCUT2D eigenvalue weighted by Crippen LogP contribution is 2.12. The first-order valence-corrected chi connectivity index (χ1v) is 6.03. The van der Waals surface area contributed by atoms with Crippen LogP contribution in [0.4, 0.5) is 4.79 Å². The van der Waals surface area contributed by atoms with Crippen molar-refractivity contribution in [1.29, 1.82) is 0 Å². The second-order valence-electron chi connectivity index (χ2n) is 3.86. The first-order valence-electron chi connectivity index (χ1n) is 6.03.